The van der Waals surface area contributed by atoms with Crippen molar-refractivity contribution in [3.8, 4) is 0 Å². The van der Waals surface area contributed by atoms with Gasteiger partial charge in [-0.2, -0.15) is 0 Å². The van der Waals surface area contributed by atoms with Gasteiger partial charge in [0.2, 0.25) is 5.91 Å². The van der Waals surface area contributed by atoms with Crippen molar-refractivity contribution in [3.63, 3.8) is 0 Å². The van der Waals surface area contributed by atoms with Gasteiger partial charge in [-0.05, 0) is 49.5 Å². The molecule has 1 amide bonds. The molecule has 1 heterocycles. The zero-order valence-corrected chi connectivity index (χ0v) is 13.8. The maximum Gasteiger partial charge on any atom is 0.223 e. The largest absolute Gasteiger partial charge is 0.355 e. The Morgan fingerprint density at radius 2 is 2.19 bits per heavy atom. The molecule has 0 spiro atoms. The van der Waals surface area contributed by atoms with Gasteiger partial charge in [-0.1, -0.05) is 30.7 Å². The van der Waals surface area contributed by atoms with E-state index in [1.807, 2.05) is 25.1 Å². The molecule has 2 fully saturated rings. The summed E-state index contributed by atoms with van der Waals surface area (Å²) in [6.07, 6.45) is 2.26. The lowest BCUT2D eigenvalue weighted by Gasteiger charge is -2.32. The fourth-order valence-electron chi connectivity index (χ4n) is 2.83. The van der Waals surface area contributed by atoms with Gasteiger partial charge in [-0.15, -0.1) is 12.4 Å². The molecule has 1 saturated heterocycles. The van der Waals surface area contributed by atoms with Crippen LogP contribution < -0.4 is 10.6 Å². The first kappa shape index (κ1) is 16.6. The minimum absolute atomic E-state index is 0. The molecule has 1 aliphatic heterocycles. The Hall–Kier alpha value is -0.770. The highest BCUT2D eigenvalue weighted by Gasteiger charge is 2.44. The van der Waals surface area contributed by atoms with E-state index in [2.05, 4.69) is 16.7 Å². The summed E-state index contributed by atoms with van der Waals surface area (Å²) < 4.78 is 0. The second-order valence-electron chi connectivity index (χ2n) is 6.22. The van der Waals surface area contributed by atoms with Gasteiger partial charge in [0.05, 0.1) is 0 Å². The van der Waals surface area contributed by atoms with Crippen LogP contribution in [0.2, 0.25) is 5.02 Å². The number of carbonyl (C=O) groups is 1. The SMILES string of the molecule is CC(C(=O)NCC1(c2cccc(Cl)c2)CC1)C1CNC1.Cl. The maximum atomic E-state index is 12.2. The molecule has 116 valence electrons. The van der Waals surface area contributed by atoms with E-state index in [1.54, 1.807) is 0 Å². The number of nitrogens with one attached hydrogen (secondary N) is 2. The first-order valence-electron chi connectivity index (χ1n) is 7.35. The van der Waals surface area contributed by atoms with Crippen molar-refractivity contribution < 1.29 is 4.79 Å². The van der Waals surface area contributed by atoms with E-state index in [0.717, 1.165) is 37.5 Å². The summed E-state index contributed by atoms with van der Waals surface area (Å²) in [5.74, 6) is 0.785. The summed E-state index contributed by atoms with van der Waals surface area (Å²) in [4.78, 5) is 12.2. The van der Waals surface area contributed by atoms with E-state index in [9.17, 15) is 4.79 Å². The standard InChI is InChI=1S/C16H21ClN2O.ClH/c1-11(12-8-18-9-12)15(20)19-10-16(5-6-16)13-3-2-4-14(17)7-13;/h2-4,7,11-12,18H,5-6,8-10H2,1H3,(H,19,20);1H. The van der Waals surface area contributed by atoms with Crippen LogP contribution in [0.1, 0.15) is 25.3 Å². The number of hydrogen-bond acceptors (Lipinski definition) is 2. The van der Waals surface area contributed by atoms with Crippen LogP contribution in [-0.2, 0) is 10.2 Å². The third-order valence-corrected chi connectivity index (χ3v) is 5.06. The third kappa shape index (κ3) is 3.53. The molecule has 0 aromatic heterocycles. The van der Waals surface area contributed by atoms with E-state index in [0.29, 0.717) is 5.92 Å². The first-order chi connectivity index (χ1) is 9.61. The predicted molar refractivity (Wildman–Crippen MR) is 88.1 cm³/mol. The molecule has 5 heteroatoms. The number of halogens is 2. The van der Waals surface area contributed by atoms with E-state index < -0.39 is 0 Å². The minimum Gasteiger partial charge on any atom is -0.355 e. The Labute approximate surface area is 137 Å². The molecule has 1 aromatic carbocycles. The van der Waals surface area contributed by atoms with Gasteiger partial charge in [0.25, 0.3) is 0 Å². The van der Waals surface area contributed by atoms with E-state index in [4.69, 9.17) is 11.6 Å². The van der Waals surface area contributed by atoms with Crippen molar-refractivity contribution in [1.82, 2.24) is 10.6 Å². The van der Waals surface area contributed by atoms with Gasteiger partial charge in [-0.25, -0.2) is 0 Å². The Bertz CT molecular complexity index is 513. The van der Waals surface area contributed by atoms with E-state index in [-0.39, 0.29) is 29.6 Å². The van der Waals surface area contributed by atoms with Crippen molar-refractivity contribution in [1.29, 1.82) is 0 Å². The van der Waals surface area contributed by atoms with Crippen LogP contribution >= 0.6 is 24.0 Å². The maximum absolute atomic E-state index is 12.2. The van der Waals surface area contributed by atoms with E-state index in [1.165, 1.54) is 5.56 Å². The number of amides is 1. The molecule has 0 radical (unpaired) electrons. The van der Waals surface area contributed by atoms with Crippen LogP contribution in [0.25, 0.3) is 0 Å². The summed E-state index contributed by atoms with van der Waals surface area (Å²) in [6.45, 7) is 4.69. The predicted octanol–water partition coefficient (Wildman–Crippen LogP) is 2.77. The van der Waals surface area contributed by atoms with Crippen LogP contribution in [0, 0.1) is 11.8 Å². The van der Waals surface area contributed by atoms with Crippen LogP contribution in [0.15, 0.2) is 24.3 Å². The fourth-order valence-corrected chi connectivity index (χ4v) is 3.02. The quantitative estimate of drug-likeness (QED) is 0.872. The van der Waals surface area contributed by atoms with Crippen molar-refractivity contribution in [2.75, 3.05) is 19.6 Å². The molecule has 1 unspecified atom stereocenters. The van der Waals surface area contributed by atoms with Gasteiger partial charge in [-0.3, -0.25) is 4.79 Å². The third-order valence-electron chi connectivity index (χ3n) is 4.83. The van der Waals surface area contributed by atoms with Crippen molar-refractivity contribution in [2.45, 2.75) is 25.2 Å². The molecular formula is C16H22Cl2N2O. The smallest absolute Gasteiger partial charge is 0.223 e. The molecule has 0 bridgehead atoms. The highest BCUT2D eigenvalue weighted by atomic mass is 35.5. The molecule has 21 heavy (non-hydrogen) atoms. The molecular weight excluding hydrogens is 307 g/mol. The lowest BCUT2D eigenvalue weighted by Crippen LogP contribution is -2.50. The molecule has 1 aliphatic carbocycles. The molecule has 1 atom stereocenters. The summed E-state index contributed by atoms with van der Waals surface area (Å²) in [6, 6.07) is 8.03. The van der Waals surface area contributed by atoms with Crippen LogP contribution in [0.3, 0.4) is 0 Å². The number of benzene rings is 1. The highest BCUT2D eigenvalue weighted by Crippen LogP contribution is 2.48. The van der Waals surface area contributed by atoms with Crippen molar-refractivity contribution in [2.24, 2.45) is 11.8 Å². The Kier molecular flexibility index (Phi) is 5.18. The van der Waals surface area contributed by atoms with Crippen LogP contribution in [0.4, 0.5) is 0 Å². The lowest BCUT2D eigenvalue weighted by molar-refractivity contribution is -0.126. The monoisotopic (exact) mass is 328 g/mol. The fraction of sp³-hybridized carbons (Fsp3) is 0.562. The second kappa shape index (κ2) is 6.55. The van der Waals surface area contributed by atoms with Gasteiger partial charge in [0.1, 0.15) is 0 Å². The topological polar surface area (TPSA) is 41.1 Å². The Morgan fingerprint density at radius 3 is 2.71 bits per heavy atom. The van der Waals surface area contributed by atoms with Gasteiger partial charge in [0.15, 0.2) is 0 Å². The summed E-state index contributed by atoms with van der Waals surface area (Å²) in [5, 5.41) is 7.13. The Morgan fingerprint density at radius 1 is 1.48 bits per heavy atom. The molecule has 2 N–H and O–H groups in total. The van der Waals surface area contributed by atoms with E-state index >= 15 is 0 Å². The van der Waals surface area contributed by atoms with Crippen LogP contribution in [-0.4, -0.2) is 25.5 Å². The second-order valence-corrected chi connectivity index (χ2v) is 6.65. The molecule has 3 nitrogen and oxygen atoms in total. The summed E-state index contributed by atoms with van der Waals surface area (Å²) in [7, 11) is 0. The lowest BCUT2D eigenvalue weighted by atomic mass is 9.88. The van der Waals surface area contributed by atoms with Gasteiger partial charge in [0, 0.05) is 22.9 Å². The molecule has 3 rings (SSSR count). The highest BCUT2D eigenvalue weighted by molar-refractivity contribution is 6.30. The zero-order valence-electron chi connectivity index (χ0n) is 12.2. The average Bonchev–Trinajstić information content (AvgIpc) is 3.15. The number of hydrogen-bond donors (Lipinski definition) is 2. The molecule has 1 saturated carbocycles. The zero-order chi connectivity index (χ0) is 14.2. The summed E-state index contributed by atoms with van der Waals surface area (Å²) in [5.41, 5.74) is 1.38. The summed E-state index contributed by atoms with van der Waals surface area (Å²) >= 11 is 6.07. The minimum atomic E-state index is 0. The average molecular weight is 329 g/mol. The van der Waals surface area contributed by atoms with Crippen LogP contribution in [0.5, 0.6) is 0 Å². The van der Waals surface area contributed by atoms with Gasteiger partial charge >= 0.3 is 0 Å². The first-order valence-corrected chi connectivity index (χ1v) is 7.73. The van der Waals surface area contributed by atoms with Gasteiger partial charge < -0.3 is 10.6 Å². The van der Waals surface area contributed by atoms with Crippen molar-refractivity contribution >= 4 is 29.9 Å². The Balaban J connectivity index is 0.00000161. The molecule has 1 aromatic rings. The number of carbonyl (C=O) groups excluding carboxylic acids is 1. The molecule has 2 aliphatic rings. The van der Waals surface area contributed by atoms with Crippen molar-refractivity contribution in [3.05, 3.63) is 34.9 Å². The normalized spacial score (nSPS) is 20.9. The number of rotatable bonds is 5.